The Bertz CT molecular complexity index is 1210. The molecule has 158 valence electrons. The van der Waals surface area contributed by atoms with Gasteiger partial charge in [0, 0.05) is 12.1 Å². The molecule has 0 radical (unpaired) electrons. The van der Waals surface area contributed by atoms with Crippen LogP contribution >= 0.6 is 0 Å². The molecule has 0 spiro atoms. The number of nitrogens with zero attached hydrogens (tertiary/aromatic N) is 3. The molecular formula is C22H21N5O4. The van der Waals surface area contributed by atoms with E-state index in [0.717, 1.165) is 5.56 Å². The fourth-order valence-electron chi connectivity index (χ4n) is 2.71. The summed E-state index contributed by atoms with van der Waals surface area (Å²) < 4.78 is 10.2. The highest BCUT2D eigenvalue weighted by molar-refractivity contribution is 6.10. The number of H-pyrrole nitrogens is 1. The molecule has 9 heteroatoms. The summed E-state index contributed by atoms with van der Waals surface area (Å²) in [6, 6.07) is 12.4. The third kappa shape index (κ3) is 5.15. The third-order valence-electron chi connectivity index (χ3n) is 4.24. The van der Waals surface area contributed by atoms with Crippen molar-refractivity contribution in [3.05, 3.63) is 72.3 Å². The molecule has 9 nitrogen and oxygen atoms in total. The molecule has 0 aliphatic heterocycles. The molecule has 31 heavy (non-hydrogen) atoms. The maximum absolute atomic E-state index is 12.3. The zero-order valence-electron chi connectivity index (χ0n) is 16.9. The first-order valence-electron chi connectivity index (χ1n) is 9.15. The summed E-state index contributed by atoms with van der Waals surface area (Å²) in [7, 11) is 2.91. The molecule has 4 N–H and O–H groups in total. The Balaban J connectivity index is 0.000000225. The molecule has 0 atom stereocenters. The summed E-state index contributed by atoms with van der Waals surface area (Å²) in [5.41, 5.74) is 7.80. The van der Waals surface area contributed by atoms with Gasteiger partial charge in [-0.1, -0.05) is 36.4 Å². The number of aromatic nitrogens is 4. The Hall–Kier alpha value is -4.40. The minimum Gasteiger partial charge on any atom is -0.507 e. The number of carbonyl (C=O) groups is 1. The normalized spacial score (nSPS) is 10.5. The van der Waals surface area contributed by atoms with Crippen molar-refractivity contribution in [3.63, 3.8) is 0 Å². The van der Waals surface area contributed by atoms with Crippen LogP contribution in [0, 0.1) is 0 Å². The van der Waals surface area contributed by atoms with Gasteiger partial charge in [0.1, 0.15) is 34.7 Å². The van der Waals surface area contributed by atoms with E-state index < -0.39 is 0 Å². The van der Waals surface area contributed by atoms with Crippen LogP contribution in [0.4, 0.5) is 5.82 Å². The molecule has 0 aliphatic rings. The summed E-state index contributed by atoms with van der Waals surface area (Å²) >= 11 is 0. The summed E-state index contributed by atoms with van der Waals surface area (Å²) in [6.07, 6.45) is 6.01. The lowest BCUT2D eigenvalue weighted by atomic mass is 10.1. The number of nitrogens with one attached hydrogen (secondary N) is 1. The molecule has 2 aromatic carbocycles. The Labute approximate surface area is 178 Å². The number of anilines is 1. The number of aromatic amines is 1. The summed E-state index contributed by atoms with van der Waals surface area (Å²) in [4.78, 5) is 26.6. The van der Waals surface area contributed by atoms with Gasteiger partial charge < -0.3 is 25.3 Å². The lowest BCUT2D eigenvalue weighted by Crippen LogP contribution is -2.00. The van der Waals surface area contributed by atoms with Crippen LogP contribution in [0.2, 0.25) is 0 Å². The fourth-order valence-corrected chi connectivity index (χ4v) is 2.71. The van der Waals surface area contributed by atoms with Crippen LogP contribution < -0.4 is 15.2 Å². The minimum absolute atomic E-state index is 0.116. The van der Waals surface area contributed by atoms with Crippen LogP contribution in [-0.2, 0) is 0 Å². The molecule has 4 rings (SSSR count). The Morgan fingerprint density at radius 3 is 2.55 bits per heavy atom. The topological polar surface area (TPSA) is 136 Å². The first-order chi connectivity index (χ1) is 15.0. The molecule has 4 aromatic rings. The van der Waals surface area contributed by atoms with Gasteiger partial charge in [-0.25, -0.2) is 15.0 Å². The van der Waals surface area contributed by atoms with Crippen LogP contribution in [0.15, 0.2) is 61.2 Å². The van der Waals surface area contributed by atoms with E-state index in [1.165, 1.54) is 39.0 Å². The zero-order valence-corrected chi connectivity index (χ0v) is 16.9. The number of aromatic hydroxyl groups is 1. The van der Waals surface area contributed by atoms with E-state index in [9.17, 15) is 9.90 Å². The minimum atomic E-state index is -0.337. The highest BCUT2D eigenvalue weighted by Crippen LogP contribution is 2.33. The van der Waals surface area contributed by atoms with E-state index in [1.54, 1.807) is 12.1 Å². The summed E-state index contributed by atoms with van der Waals surface area (Å²) in [5.74, 6) is 0.620. The Morgan fingerprint density at radius 2 is 1.87 bits per heavy atom. The second-order valence-corrected chi connectivity index (χ2v) is 6.19. The SMILES string of the molecule is COc1cc(O)c(C(=O)C=Cc2ccccc2)c(OC)c1.Nc1ncnc2nc[nH]c12. The van der Waals surface area contributed by atoms with E-state index in [-0.39, 0.29) is 22.8 Å². The van der Waals surface area contributed by atoms with E-state index in [0.29, 0.717) is 22.7 Å². The van der Waals surface area contributed by atoms with E-state index in [4.69, 9.17) is 15.2 Å². The molecule has 0 fully saturated rings. The number of rotatable bonds is 5. The van der Waals surface area contributed by atoms with E-state index in [1.807, 2.05) is 30.3 Å². The summed E-state index contributed by atoms with van der Waals surface area (Å²) in [5, 5.41) is 9.99. The van der Waals surface area contributed by atoms with Gasteiger partial charge in [-0.15, -0.1) is 0 Å². The quantitative estimate of drug-likeness (QED) is 0.331. The number of phenols is 1. The Kier molecular flexibility index (Phi) is 6.79. The van der Waals surface area contributed by atoms with Crippen molar-refractivity contribution in [2.24, 2.45) is 0 Å². The van der Waals surface area contributed by atoms with Gasteiger partial charge in [0.25, 0.3) is 0 Å². The Morgan fingerprint density at radius 1 is 1.10 bits per heavy atom. The highest BCUT2D eigenvalue weighted by atomic mass is 16.5. The number of fused-ring (bicyclic) bond motifs is 1. The predicted octanol–water partition coefficient (Wildman–Crippen LogP) is 3.24. The second kappa shape index (κ2) is 9.88. The van der Waals surface area contributed by atoms with E-state index in [2.05, 4.69) is 19.9 Å². The lowest BCUT2D eigenvalue weighted by Gasteiger charge is -2.10. The molecule has 0 saturated carbocycles. The van der Waals surface area contributed by atoms with Gasteiger partial charge >= 0.3 is 0 Å². The predicted molar refractivity (Wildman–Crippen MR) is 117 cm³/mol. The van der Waals surface area contributed by atoms with Crippen molar-refractivity contribution in [2.75, 3.05) is 20.0 Å². The average Bonchev–Trinajstić information content (AvgIpc) is 3.28. The molecule has 0 aliphatic carbocycles. The van der Waals surface area contributed by atoms with Crippen molar-refractivity contribution >= 4 is 28.8 Å². The molecule has 2 aromatic heterocycles. The van der Waals surface area contributed by atoms with Crippen molar-refractivity contribution in [3.8, 4) is 17.2 Å². The number of imidazole rings is 1. The molecule has 0 saturated heterocycles. The van der Waals surface area contributed by atoms with E-state index >= 15 is 0 Å². The van der Waals surface area contributed by atoms with Crippen LogP contribution in [0.25, 0.3) is 17.2 Å². The van der Waals surface area contributed by atoms with Gasteiger partial charge in [-0.3, -0.25) is 4.79 Å². The number of hydrogen-bond acceptors (Lipinski definition) is 8. The molecule has 0 amide bonds. The second-order valence-electron chi connectivity index (χ2n) is 6.19. The molecule has 2 heterocycles. The smallest absolute Gasteiger partial charge is 0.193 e. The lowest BCUT2D eigenvalue weighted by molar-refractivity contribution is 0.104. The third-order valence-corrected chi connectivity index (χ3v) is 4.24. The standard InChI is InChI=1S/C17H16O4.C5H5N5/c1-20-13-10-15(19)17(16(11-13)21-2)14(18)9-8-12-6-4-3-5-7-12;6-4-3-5(9-1-7-3)10-2-8-4/h3-11,19H,1-2H3;1-2H,(H3,6,7,8,9,10). The van der Waals surface area contributed by atoms with Crippen molar-refractivity contribution in [2.45, 2.75) is 0 Å². The largest absolute Gasteiger partial charge is 0.507 e. The number of benzene rings is 2. The monoisotopic (exact) mass is 419 g/mol. The fraction of sp³-hybridized carbons (Fsp3) is 0.0909. The van der Waals surface area contributed by atoms with Crippen LogP contribution in [0.3, 0.4) is 0 Å². The molecular weight excluding hydrogens is 398 g/mol. The molecule has 0 bridgehead atoms. The van der Waals surface area contributed by atoms with Crippen molar-refractivity contribution < 1.29 is 19.4 Å². The molecule has 0 unspecified atom stereocenters. The number of methoxy groups -OCH3 is 2. The first-order valence-corrected chi connectivity index (χ1v) is 9.15. The maximum atomic E-state index is 12.3. The number of hydrogen-bond donors (Lipinski definition) is 3. The highest BCUT2D eigenvalue weighted by Gasteiger charge is 2.17. The zero-order chi connectivity index (χ0) is 22.2. The number of carbonyl (C=O) groups excluding carboxylic acids is 1. The number of phenolic OH excluding ortho intramolecular Hbond substituents is 1. The average molecular weight is 419 g/mol. The van der Waals surface area contributed by atoms with Crippen LogP contribution in [0.1, 0.15) is 15.9 Å². The number of nitrogens with two attached hydrogens (primary N) is 1. The van der Waals surface area contributed by atoms with Crippen molar-refractivity contribution in [1.82, 2.24) is 19.9 Å². The number of ketones is 1. The van der Waals surface area contributed by atoms with Gasteiger partial charge in [0.05, 0.1) is 20.5 Å². The van der Waals surface area contributed by atoms with Gasteiger partial charge in [-0.2, -0.15) is 0 Å². The van der Waals surface area contributed by atoms with Crippen LogP contribution in [0.5, 0.6) is 17.2 Å². The van der Waals surface area contributed by atoms with Crippen LogP contribution in [-0.4, -0.2) is 45.0 Å². The number of ether oxygens (including phenoxy) is 2. The van der Waals surface area contributed by atoms with Crippen molar-refractivity contribution in [1.29, 1.82) is 0 Å². The maximum Gasteiger partial charge on any atom is 0.193 e. The van der Waals surface area contributed by atoms with Gasteiger partial charge in [0.15, 0.2) is 17.2 Å². The van der Waals surface area contributed by atoms with Gasteiger partial charge in [0.2, 0.25) is 0 Å². The van der Waals surface area contributed by atoms with Gasteiger partial charge in [-0.05, 0) is 11.6 Å². The number of nitrogen functional groups attached to an aromatic ring is 1. The number of allylic oxidation sites excluding steroid dienone is 1. The first kappa shape index (κ1) is 21.3. The summed E-state index contributed by atoms with van der Waals surface area (Å²) in [6.45, 7) is 0.